The van der Waals surface area contributed by atoms with Crippen LogP contribution in [0, 0.1) is 0 Å². The van der Waals surface area contributed by atoms with Crippen molar-refractivity contribution in [1.82, 2.24) is 10.3 Å². The summed E-state index contributed by atoms with van der Waals surface area (Å²) in [5.41, 5.74) is 0. The monoisotopic (exact) mass is 284 g/mol. The minimum Gasteiger partial charge on any atom is -0.489 e. The highest BCUT2D eigenvalue weighted by molar-refractivity contribution is 9.10. The minimum absolute atomic E-state index is 0.352. The van der Waals surface area contributed by atoms with Crippen molar-refractivity contribution < 1.29 is 4.74 Å². The molecule has 1 aliphatic carbocycles. The molecule has 3 nitrogen and oxygen atoms in total. The van der Waals surface area contributed by atoms with E-state index in [1.165, 1.54) is 6.42 Å². The Morgan fingerprint density at radius 2 is 2.31 bits per heavy atom. The fourth-order valence-corrected chi connectivity index (χ4v) is 2.17. The second-order valence-corrected chi connectivity index (χ2v) is 5.12. The van der Waals surface area contributed by atoms with Gasteiger partial charge in [-0.05, 0) is 47.8 Å². The van der Waals surface area contributed by atoms with E-state index in [0.29, 0.717) is 12.1 Å². The van der Waals surface area contributed by atoms with Crippen molar-refractivity contribution in [2.24, 2.45) is 0 Å². The molecule has 1 N–H and O–H groups in total. The van der Waals surface area contributed by atoms with Gasteiger partial charge in [0, 0.05) is 16.7 Å². The van der Waals surface area contributed by atoms with E-state index in [0.717, 1.165) is 29.6 Å². The molecule has 0 radical (unpaired) electrons. The summed E-state index contributed by atoms with van der Waals surface area (Å²) in [6, 6.07) is 2.60. The lowest BCUT2D eigenvalue weighted by Gasteiger charge is -2.35. The summed E-state index contributed by atoms with van der Waals surface area (Å²) in [6.45, 7) is 3.29. The lowest BCUT2D eigenvalue weighted by Crippen LogP contribution is -2.46. The largest absolute Gasteiger partial charge is 0.489 e. The van der Waals surface area contributed by atoms with Gasteiger partial charge in [-0.2, -0.15) is 0 Å². The standard InChI is InChI=1S/C12H17BrN2O/c1-2-3-15-10-5-11(6-10)16-12-4-9(13)7-14-8-12/h4,7-8,10-11,15H,2-3,5-6H2,1H3. The van der Waals surface area contributed by atoms with Crippen molar-refractivity contribution in [2.75, 3.05) is 6.54 Å². The van der Waals surface area contributed by atoms with Crippen LogP contribution < -0.4 is 10.1 Å². The summed E-state index contributed by atoms with van der Waals surface area (Å²) in [5.74, 6) is 0.855. The zero-order valence-corrected chi connectivity index (χ0v) is 11.0. The predicted octanol–water partition coefficient (Wildman–Crippen LogP) is 2.75. The van der Waals surface area contributed by atoms with Crippen LogP contribution in [0.2, 0.25) is 0 Å². The molecule has 88 valence electrons. The van der Waals surface area contributed by atoms with Crippen molar-refractivity contribution >= 4 is 15.9 Å². The van der Waals surface area contributed by atoms with E-state index in [9.17, 15) is 0 Å². The molecule has 0 unspecified atom stereocenters. The van der Waals surface area contributed by atoms with Gasteiger partial charge in [0.2, 0.25) is 0 Å². The number of nitrogens with one attached hydrogen (secondary N) is 1. The minimum atomic E-state index is 0.352. The van der Waals surface area contributed by atoms with Crippen molar-refractivity contribution in [3.05, 3.63) is 22.9 Å². The Morgan fingerprint density at radius 3 is 3.00 bits per heavy atom. The Kier molecular flexibility index (Phi) is 4.18. The summed E-state index contributed by atoms with van der Waals surface area (Å²) < 4.78 is 6.77. The molecule has 4 heteroatoms. The van der Waals surface area contributed by atoms with E-state index in [-0.39, 0.29) is 0 Å². The number of ether oxygens (including phenoxy) is 1. The Balaban J connectivity index is 1.73. The third-order valence-corrected chi connectivity index (χ3v) is 3.19. The molecule has 0 spiro atoms. The third kappa shape index (κ3) is 3.19. The number of halogens is 1. The van der Waals surface area contributed by atoms with Crippen LogP contribution in [0.3, 0.4) is 0 Å². The van der Waals surface area contributed by atoms with Gasteiger partial charge in [-0.3, -0.25) is 4.98 Å². The van der Waals surface area contributed by atoms with Crippen LogP contribution in [0.1, 0.15) is 26.2 Å². The molecule has 1 aliphatic rings. The van der Waals surface area contributed by atoms with Crippen molar-refractivity contribution in [1.29, 1.82) is 0 Å². The van der Waals surface area contributed by atoms with Crippen LogP contribution >= 0.6 is 15.9 Å². The molecule has 0 saturated heterocycles. The Hall–Kier alpha value is -0.610. The highest BCUT2D eigenvalue weighted by Gasteiger charge is 2.30. The molecule has 1 fully saturated rings. The predicted molar refractivity (Wildman–Crippen MR) is 67.7 cm³/mol. The van der Waals surface area contributed by atoms with E-state index >= 15 is 0 Å². The van der Waals surface area contributed by atoms with Gasteiger partial charge in [0.25, 0.3) is 0 Å². The maximum absolute atomic E-state index is 5.81. The molecule has 1 heterocycles. The zero-order valence-electron chi connectivity index (χ0n) is 9.45. The second kappa shape index (κ2) is 5.64. The maximum Gasteiger partial charge on any atom is 0.139 e. The summed E-state index contributed by atoms with van der Waals surface area (Å²) >= 11 is 3.38. The highest BCUT2D eigenvalue weighted by atomic mass is 79.9. The van der Waals surface area contributed by atoms with Gasteiger partial charge >= 0.3 is 0 Å². The van der Waals surface area contributed by atoms with Crippen LogP contribution in [0.15, 0.2) is 22.9 Å². The molecule has 1 aromatic heterocycles. The molecule has 0 aliphatic heterocycles. The number of rotatable bonds is 5. The first-order valence-corrected chi connectivity index (χ1v) is 6.58. The smallest absolute Gasteiger partial charge is 0.139 e. The van der Waals surface area contributed by atoms with Crippen LogP contribution in [0.5, 0.6) is 5.75 Å². The first-order chi connectivity index (χ1) is 7.78. The summed E-state index contributed by atoms with van der Waals surface area (Å²) in [5, 5.41) is 3.49. The van der Waals surface area contributed by atoms with E-state index in [4.69, 9.17) is 4.74 Å². The second-order valence-electron chi connectivity index (χ2n) is 4.20. The molecular weight excluding hydrogens is 268 g/mol. The van der Waals surface area contributed by atoms with Gasteiger partial charge in [-0.1, -0.05) is 6.92 Å². The molecule has 1 saturated carbocycles. The molecule has 0 atom stereocenters. The highest BCUT2D eigenvalue weighted by Crippen LogP contribution is 2.26. The van der Waals surface area contributed by atoms with Crippen LogP contribution in [0.25, 0.3) is 0 Å². The normalized spacial score (nSPS) is 23.9. The van der Waals surface area contributed by atoms with E-state index < -0.39 is 0 Å². The SMILES string of the molecule is CCCNC1CC(Oc2cncc(Br)c2)C1. The quantitative estimate of drug-likeness (QED) is 0.903. The van der Waals surface area contributed by atoms with E-state index in [2.05, 4.69) is 33.2 Å². The molecule has 0 aromatic carbocycles. The van der Waals surface area contributed by atoms with Gasteiger partial charge in [0.05, 0.1) is 6.20 Å². The fraction of sp³-hybridized carbons (Fsp3) is 0.583. The van der Waals surface area contributed by atoms with Crippen LogP contribution in [0.4, 0.5) is 0 Å². The van der Waals surface area contributed by atoms with Gasteiger partial charge in [0.15, 0.2) is 0 Å². The zero-order chi connectivity index (χ0) is 11.4. The van der Waals surface area contributed by atoms with Gasteiger partial charge in [-0.15, -0.1) is 0 Å². The van der Waals surface area contributed by atoms with Gasteiger partial charge in [0.1, 0.15) is 11.9 Å². The molecule has 1 aromatic rings. The average Bonchev–Trinajstić information content (AvgIpc) is 2.21. The first kappa shape index (κ1) is 11.9. The molecule has 0 bridgehead atoms. The Bertz CT molecular complexity index is 340. The average molecular weight is 285 g/mol. The lowest BCUT2D eigenvalue weighted by atomic mass is 9.89. The van der Waals surface area contributed by atoms with E-state index in [1.54, 1.807) is 12.4 Å². The fourth-order valence-electron chi connectivity index (χ4n) is 1.83. The molecule has 2 rings (SSSR count). The van der Waals surface area contributed by atoms with Crippen molar-refractivity contribution in [3.8, 4) is 5.75 Å². The molecule has 16 heavy (non-hydrogen) atoms. The van der Waals surface area contributed by atoms with Crippen molar-refractivity contribution in [3.63, 3.8) is 0 Å². The molecular formula is C12H17BrN2O. The Labute approximate surface area is 105 Å². The van der Waals surface area contributed by atoms with Gasteiger partial charge in [-0.25, -0.2) is 0 Å². The maximum atomic E-state index is 5.81. The number of aromatic nitrogens is 1. The molecule has 0 amide bonds. The first-order valence-electron chi connectivity index (χ1n) is 5.78. The Morgan fingerprint density at radius 1 is 1.50 bits per heavy atom. The third-order valence-electron chi connectivity index (χ3n) is 2.76. The number of pyridine rings is 1. The lowest BCUT2D eigenvalue weighted by molar-refractivity contribution is 0.0848. The number of hydrogen-bond acceptors (Lipinski definition) is 3. The topological polar surface area (TPSA) is 34.1 Å². The van der Waals surface area contributed by atoms with Crippen LogP contribution in [-0.4, -0.2) is 23.7 Å². The summed E-state index contributed by atoms with van der Waals surface area (Å²) in [4.78, 5) is 4.08. The summed E-state index contributed by atoms with van der Waals surface area (Å²) in [7, 11) is 0. The van der Waals surface area contributed by atoms with E-state index in [1.807, 2.05) is 6.07 Å². The van der Waals surface area contributed by atoms with Gasteiger partial charge < -0.3 is 10.1 Å². The summed E-state index contributed by atoms with van der Waals surface area (Å²) in [6.07, 6.45) is 7.28. The van der Waals surface area contributed by atoms with Crippen LogP contribution in [-0.2, 0) is 0 Å². The number of nitrogens with zero attached hydrogens (tertiary/aromatic N) is 1. The van der Waals surface area contributed by atoms with Crippen molar-refractivity contribution in [2.45, 2.75) is 38.3 Å². The number of hydrogen-bond donors (Lipinski definition) is 1.